The van der Waals surface area contributed by atoms with Crippen LogP contribution in [0, 0.1) is 0 Å². The van der Waals surface area contributed by atoms with Crippen LogP contribution in [0.25, 0.3) is 0 Å². The van der Waals surface area contributed by atoms with Gasteiger partial charge in [0.15, 0.2) is 0 Å². The van der Waals surface area contributed by atoms with E-state index in [4.69, 9.17) is 29.4 Å². The van der Waals surface area contributed by atoms with Crippen molar-refractivity contribution in [3.8, 4) is 5.75 Å². The molecule has 1 aromatic rings. The molecular formula is C30H55NO5. The van der Waals surface area contributed by atoms with E-state index in [1.807, 2.05) is 24.3 Å². The average molecular weight is 510 g/mol. The SMILES string of the molecule is CCCCCCCCCCCCCCCCOCCOCCOCCOCCOc1ccccc1N. The molecule has 0 amide bonds. The Balaban J connectivity index is 1.66. The number of hydrogen-bond acceptors (Lipinski definition) is 6. The summed E-state index contributed by atoms with van der Waals surface area (Å²) < 4.78 is 27.8. The monoisotopic (exact) mass is 509 g/mol. The van der Waals surface area contributed by atoms with Crippen LogP contribution >= 0.6 is 0 Å². The topological polar surface area (TPSA) is 72.2 Å². The van der Waals surface area contributed by atoms with E-state index in [0.717, 1.165) is 13.0 Å². The predicted octanol–water partition coefficient (Wildman–Crippen LogP) is 7.20. The van der Waals surface area contributed by atoms with Gasteiger partial charge < -0.3 is 29.4 Å². The Hall–Kier alpha value is -1.34. The number of para-hydroxylation sites is 2. The fraction of sp³-hybridized carbons (Fsp3) is 0.800. The summed E-state index contributed by atoms with van der Waals surface area (Å²) in [6.45, 7) is 7.62. The van der Waals surface area contributed by atoms with Crippen LogP contribution in [0.5, 0.6) is 5.75 Å². The van der Waals surface area contributed by atoms with Gasteiger partial charge in [0.05, 0.1) is 51.9 Å². The molecule has 6 nitrogen and oxygen atoms in total. The Morgan fingerprint density at radius 3 is 1.33 bits per heavy atom. The second-order valence-corrected chi connectivity index (χ2v) is 9.43. The molecule has 6 heteroatoms. The maximum atomic E-state index is 5.82. The average Bonchev–Trinajstić information content (AvgIpc) is 2.89. The molecule has 0 atom stereocenters. The zero-order valence-electron chi connectivity index (χ0n) is 23.2. The summed E-state index contributed by atoms with van der Waals surface area (Å²) in [5.41, 5.74) is 6.46. The van der Waals surface area contributed by atoms with Gasteiger partial charge in [-0.2, -0.15) is 0 Å². The molecule has 0 fully saturated rings. The van der Waals surface area contributed by atoms with Crippen molar-refractivity contribution in [3.63, 3.8) is 0 Å². The first-order chi connectivity index (χ1) is 17.8. The summed E-state index contributed by atoms with van der Waals surface area (Å²) in [4.78, 5) is 0. The minimum absolute atomic E-state index is 0.469. The van der Waals surface area contributed by atoms with E-state index in [1.165, 1.54) is 83.5 Å². The number of benzene rings is 1. The van der Waals surface area contributed by atoms with E-state index in [-0.39, 0.29) is 0 Å². The van der Waals surface area contributed by atoms with Gasteiger partial charge in [-0.05, 0) is 18.6 Å². The standard InChI is InChI=1S/C30H55NO5/c1-2-3-4-5-6-7-8-9-10-11-12-13-14-17-20-32-21-22-33-23-24-34-25-26-35-27-28-36-30-19-16-15-18-29(30)31/h15-16,18-19H,2-14,17,20-28,31H2,1H3. The first-order valence-electron chi connectivity index (χ1n) is 14.6. The third kappa shape index (κ3) is 21.9. The highest BCUT2D eigenvalue weighted by Crippen LogP contribution is 2.19. The summed E-state index contributed by atoms with van der Waals surface area (Å²) >= 11 is 0. The number of nitrogens with two attached hydrogens (primary N) is 1. The molecule has 1 rings (SSSR count). The highest BCUT2D eigenvalue weighted by Gasteiger charge is 1.98. The summed E-state index contributed by atoms with van der Waals surface area (Å²) in [6.07, 6.45) is 19.3. The van der Waals surface area contributed by atoms with Gasteiger partial charge in [0, 0.05) is 6.61 Å². The van der Waals surface area contributed by atoms with Crippen LogP contribution in [0.1, 0.15) is 96.8 Å². The molecular weight excluding hydrogens is 454 g/mol. The fourth-order valence-corrected chi connectivity index (χ4v) is 3.98. The molecule has 0 unspecified atom stereocenters. The molecule has 2 N–H and O–H groups in total. The Kier molecular flexibility index (Phi) is 24.3. The van der Waals surface area contributed by atoms with Gasteiger partial charge in [-0.15, -0.1) is 0 Å². The molecule has 1 aromatic carbocycles. The van der Waals surface area contributed by atoms with E-state index in [2.05, 4.69) is 6.92 Å². The third-order valence-electron chi connectivity index (χ3n) is 6.16. The summed E-state index contributed by atoms with van der Waals surface area (Å²) in [5.74, 6) is 0.693. The normalized spacial score (nSPS) is 11.2. The predicted molar refractivity (Wildman–Crippen MR) is 150 cm³/mol. The van der Waals surface area contributed by atoms with Gasteiger partial charge >= 0.3 is 0 Å². The third-order valence-corrected chi connectivity index (χ3v) is 6.16. The molecule has 0 saturated heterocycles. The van der Waals surface area contributed by atoms with Crippen LogP contribution in [-0.2, 0) is 18.9 Å². The zero-order valence-corrected chi connectivity index (χ0v) is 23.2. The molecule has 36 heavy (non-hydrogen) atoms. The maximum absolute atomic E-state index is 5.82. The molecule has 0 aromatic heterocycles. The van der Waals surface area contributed by atoms with E-state index >= 15 is 0 Å². The van der Waals surface area contributed by atoms with Crippen molar-refractivity contribution < 1.29 is 23.7 Å². The molecule has 0 heterocycles. The van der Waals surface area contributed by atoms with Gasteiger partial charge in [0.2, 0.25) is 0 Å². The Labute approximate surface area is 221 Å². The first-order valence-corrected chi connectivity index (χ1v) is 14.6. The number of hydrogen-bond donors (Lipinski definition) is 1. The summed E-state index contributed by atoms with van der Waals surface area (Å²) in [6, 6.07) is 7.45. The van der Waals surface area contributed by atoms with Gasteiger partial charge in [-0.1, -0.05) is 103 Å². The lowest BCUT2D eigenvalue weighted by atomic mass is 10.0. The van der Waals surface area contributed by atoms with Crippen molar-refractivity contribution in [2.45, 2.75) is 96.8 Å². The molecule has 0 radical (unpaired) electrons. The van der Waals surface area contributed by atoms with Crippen molar-refractivity contribution in [2.75, 3.05) is 65.2 Å². The Morgan fingerprint density at radius 1 is 0.472 bits per heavy atom. The molecule has 0 spiro atoms. The van der Waals surface area contributed by atoms with Crippen LogP contribution < -0.4 is 10.5 Å². The van der Waals surface area contributed by atoms with Crippen LogP contribution in [-0.4, -0.2) is 59.5 Å². The number of ether oxygens (including phenoxy) is 5. The number of nitrogen functional groups attached to an aromatic ring is 1. The van der Waals surface area contributed by atoms with Crippen LogP contribution in [0.4, 0.5) is 5.69 Å². The first kappa shape index (κ1) is 32.7. The molecule has 0 aliphatic rings. The smallest absolute Gasteiger partial charge is 0.142 e. The van der Waals surface area contributed by atoms with Crippen molar-refractivity contribution in [3.05, 3.63) is 24.3 Å². The van der Waals surface area contributed by atoms with E-state index in [0.29, 0.717) is 64.3 Å². The lowest BCUT2D eigenvalue weighted by Gasteiger charge is -2.09. The van der Waals surface area contributed by atoms with Gasteiger partial charge in [-0.3, -0.25) is 0 Å². The van der Waals surface area contributed by atoms with Crippen molar-refractivity contribution in [1.82, 2.24) is 0 Å². The van der Waals surface area contributed by atoms with E-state index in [1.54, 1.807) is 0 Å². The number of anilines is 1. The second kappa shape index (κ2) is 26.7. The largest absolute Gasteiger partial charge is 0.489 e. The molecule has 0 bridgehead atoms. The lowest BCUT2D eigenvalue weighted by Crippen LogP contribution is -2.14. The summed E-state index contributed by atoms with van der Waals surface area (Å²) in [5, 5.41) is 0. The highest BCUT2D eigenvalue weighted by atomic mass is 16.6. The van der Waals surface area contributed by atoms with Crippen LogP contribution in [0.2, 0.25) is 0 Å². The molecule has 0 saturated carbocycles. The number of rotatable bonds is 28. The Morgan fingerprint density at radius 2 is 0.861 bits per heavy atom. The zero-order chi connectivity index (χ0) is 25.8. The molecule has 0 aliphatic heterocycles. The van der Waals surface area contributed by atoms with Crippen molar-refractivity contribution >= 4 is 5.69 Å². The van der Waals surface area contributed by atoms with Crippen LogP contribution in [0.15, 0.2) is 24.3 Å². The van der Waals surface area contributed by atoms with E-state index < -0.39 is 0 Å². The minimum Gasteiger partial charge on any atom is -0.489 e. The van der Waals surface area contributed by atoms with E-state index in [9.17, 15) is 0 Å². The fourth-order valence-electron chi connectivity index (χ4n) is 3.98. The quantitative estimate of drug-likeness (QED) is 0.0951. The second-order valence-electron chi connectivity index (χ2n) is 9.43. The van der Waals surface area contributed by atoms with Crippen LogP contribution in [0.3, 0.4) is 0 Å². The molecule has 210 valence electrons. The minimum atomic E-state index is 0.469. The number of unbranched alkanes of at least 4 members (excludes halogenated alkanes) is 13. The van der Waals surface area contributed by atoms with Crippen molar-refractivity contribution in [1.29, 1.82) is 0 Å². The maximum Gasteiger partial charge on any atom is 0.142 e. The van der Waals surface area contributed by atoms with Crippen molar-refractivity contribution in [2.24, 2.45) is 0 Å². The molecule has 0 aliphatic carbocycles. The van der Waals surface area contributed by atoms with Gasteiger partial charge in [0.25, 0.3) is 0 Å². The highest BCUT2D eigenvalue weighted by molar-refractivity contribution is 5.51. The van der Waals surface area contributed by atoms with Gasteiger partial charge in [-0.25, -0.2) is 0 Å². The summed E-state index contributed by atoms with van der Waals surface area (Å²) in [7, 11) is 0. The lowest BCUT2D eigenvalue weighted by molar-refractivity contribution is -0.00485. The van der Waals surface area contributed by atoms with Gasteiger partial charge in [0.1, 0.15) is 12.4 Å². The Bertz CT molecular complexity index is 572.